The summed E-state index contributed by atoms with van der Waals surface area (Å²) in [6, 6.07) is 3.94. The minimum absolute atomic E-state index is 0.0658. The number of aromatic nitrogens is 1. The molecule has 1 aromatic rings. The summed E-state index contributed by atoms with van der Waals surface area (Å²) in [6.07, 6.45) is 3.52. The van der Waals surface area contributed by atoms with Gasteiger partial charge in [-0.3, -0.25) is 4.98 Å². The number of aliphatic hydroxyl groups excluding tert-OH is 1. The summed E-state index contributed by atoms with van der Waals surface area (Å²) in [5.74, 6) is 0. The van der Waals surface area contributed by atoms with Gasteiger partial charge in [-0.2, -0.15) is 0 Å². The first-order valence-electron chi connectivity index (χ1n) is 4.77. The lowest BCUT2D eigenvalue weighted by molar-refractivity contribution is 0.00355. The van der Waals surface area contributed by atoms with Gasteiger partial charge in [0.1, 0.15) is 0 Å². The Hall–Kier alpha value is -1.13. The molecule has 2 heterocycles. The molecule has 2 rings (SSSR count). The van der Waals surface area contributed by atoms with Crippen LogP contribution in [-0.2, 0) is 4.74 Å². The van der Waals surface area contributed by atoms with E-state index >= 15 is 0 Å². The van der Waals surface area contributed by atoms with Gasteiger partial charge in [0.25, 0.3) is 0 Å². The fraction of sp³-hybridized carbons (Fsp3) is 0.500. The van der Waals surface area contributed by atoms with Crippen LogP contribution in [0.15, 0.2) is 24.5 Å². The van der Waals surface area contributed by atoms with Crippen LogP contribution in [-0.4, -0.2) is 42.5 Å². The van der Waals surface area contributed by atoms with Crippen molar-refractivity contribution in [2.45, 2.75) is 6.10 Å². The smallest absolute Gasteiger partial charge is 0.0980 e. The summed E-state index contributed by atoms with van der Waals surface area (Å²) in [6.45, 7) is 2.35. The minimum Gasteiger partial charge on any atom is -0.394 e. The van der Waals surface area contributed by atoms with Gasteiger partial charge in [0, 0.05) is 19.3 Å². The number of ether oxygens (including phenoxy) is 1. The van der Waals surface area contributed by atoms with E-state index in [9.17, 15) is 0 Å². The van der Waals surface area contributed by atoms with Gasteiger partial charge in [-0.15, -0.1) is 0 Å². The average molecular weight is 194 g/mol. The molecule has 4 nitrogen and oxygen atoms in total. The molecule has 0 aromatic carbocycles. The van der Waals surface area contributed by atoms with E-state index < -0.39 is 0 Å². The monoisotopic (exact) mass is 194 g/mol. The van der Waals surface area contributed by atoms with Crippen LogP contribution in [0.25, 0.3) is 0 Å². The van der Waals surface area contributed by atoms with Gasteiger partial charge in [0.2, 0.25) is 0 Å². The molecule has 76 valence electrons. The quantitative estimate of drug-likeness (QED) is 0.734. The van der Waals surface area contributed by atoms with Crippen molar-refractivity contribution in [3.8, 4) is 0 Å². The Balaban J connectivity index is 2.04. The lowest BCUT2D eigenvalue weighted by atomic mass is 10.2. The summed E-state index contributed by atoms with van der Waals surface area (Å²) in [4.78, 5) is 6.24. The molecular formula is C10H14N2O2. The van der Waals surface area contributed by atoms with Crippen molar-refractivity contribution in [3.63, 3.8) is 0 Å². The van der Waals surface area contributed by atoms with Crippen LogP contribution in [0, 0.1) is 0 Å². The second-order valence-electron chi connectivity index (χ2n) is 3.33. The Morgan fingerprint density at radius 1 is 1.64 bits per heavy atom. The molecule has 0 aliphatic carbocycles. The molecule has 1 atom stereocenters. The highest BCUT2D eigenvalue weighted by molar-refractivity contribution is 5.44. The van der Waals surface area contributed by atoms with Crippen LogP contribution in [0.1, 0.15) is 0 Å². The molecule has 1 aromatic heterocycles. The summed E-state index contributed by atoms with van der Waals surface area (Å²) < 4.78 is 5.37. The first-order chi connectivity index (χ1) is 6.90. The molecule has 1 N–H and O–H groups in total. The minimum atomic E-state index is -0.0658. The normalized spacial score (nSPS) is 22.4. The highest BCUT2D eigenvalue weighted by atomic mass is 16.5. The van der Waals surface area contributed by atoms with E-state index in [1.54, 1.807) is 6.20 Å². The number of morpholine rings is 1. The first kappa shape index (κ1) is 9.43. The zero-order valence-electron chi connectivity index (χ0n) is 7.97. The van der Waals surface area contributed by atoms with Crippen LogP contribution in [0.3, 0.4) is 0 Å². The van der Waals surface area contributed by atoms with E-state index in [1.807, 2.05) is 18.3 Å². The average Bonchev–Trinajstić information content (AvgIpc) is 2.30. The molecule has 1 fully saturated rings. The van der Waals surface area contributed by atoms with Crippen LogP contribution < -0.4 is 4.90 Å². The predicted octanol–water partition coefficient (Wildman–Crippen LogP) is 0.279. The number of aliphatic hydroxyl groups is 1. The van der Waals surface area contributed by atoms with Gasteiger partial charge in [0.15, 0.2) is 0 Å². The van der Waals surface area contributed by atoms with Crippen LogP contribution in [0.4, 0.5) is 5.69 Å². The topological polar surface area (TPSA) is 45.6 Å². The number of hydrogen-bond acceptors (Lipinski definition) is 4. The Bertz CT molecular complexity index is 279. The van der Waals surface area contributed by atoms with Crippen molar-refractivity contribution in [1.82, 2.24) is 4.98 Å². The van der Waals surface area contributed by atoms with Gasteiger partial charge < -0.3 is 14.7 Å². The van der Waals surface area contributed by atoms with E-state index in [4.69, 9.17) is 9.84 Å². The van der Waals surface area contributed by atoms with Gasteiger partial charge >= 0.3 is 0 Å². The van der Waals surface area contributed by atoms with Crippen molar-refractivity contribution in [3.05, 3.63) is 24.5 Å². The van der Waals surface area contributed by atoms with E-state index in [2.05, 4.69) is 9.88 Å². The van der Waals surface area contributed by atoms with Gasteiger partial charge in [0.05, 0.1) is 31.2 Å². The molecule has 1 saturated heterocycles. The second kappa shape index (κ2) is 4.39. The van der Waals surface area contributed by atoms with Gasteiger partial charge in [-0.05, 0) is 12.1 Å². The first-order valence-corrected chi connectivity index (χ1v) is 4.77. The highest BCUT2D eigenvalue weighted by Crippen LogP contribution is 2.15. The Morgan fingerprint density at radius 2 is 2.57 bits per heavy atom. The number of rotatable bonds is 2. The fourth-order valence-corrected chi connectivity index (χ4v) is 1.61. The van der Waals surface area contributed by atoms with Crippen LogP contribution in [0.2, 0.25) is 0 Å². The largest absolute Gasteiger partial charge is 0.394 e. The standard InChI is InChI=1S/C10H14N2O2/c13-8-10-7-12(4-5-14-10)9-2-1-3-11-6-9/h1-3,6,10,13H,4-5,7-8H2/t10-/m0/s1. The molecule has 1 aliphatic rings. The van der Waals surface area contributed by atoms with Crippen molar-refractivity contribution in [2.24, 2.45) is 0 Å². The highest BCUT2D eigenvalue weighted by Gasteiger charge is 2.19. The maximum atomic E-state index is 8.99. The lowest BCUT2D eigenvalue weighted by Crippen LogP contribution is -2.44. The third-order valence-electron chi connectivity index (χ3n) is 2.35. The molecule has 1 aliphatic heterocycles. The van der Waals surface area contributed by atoms with Crippen molar-refractivity contribution < 1.29 is 9.84 Å². The van der Waals surface area contributed by atoms with E-state index in [0.717, 1.165) is 18.8 Å². The van der Waals surface area contributed by atoms with Crippen molar-refractivity contribution >= 4 is 5.69 Å². The van der Waals surface area contributed by atoms with E-state index in [0.29, 0.717) is 6.61 Å². The zero-order chi connectivity index (χ0) is 9.80. The summed E-state index contributed by atoms with van der Waals surface area (Å²) in [5.41, 5.74) is 1.09. The zero-order valence-corrected chi connectivity index (χ0v) is 7.97. The molecule has 4 heteroatoms. The van der Waals surface area contributed by atoms with Crippen LogP contribution >= 0.6 is 0 Å². The maximum Gasteiger partial charge on any atom is 0.0980 e. The molecule has 0 bridgehead atoms. The molecule has 0 unspecified atom stereocenters. The maximum absolute atomic E-state index is 8.99. The summed E-state index contributed by atoms with van der Waals surface area (Å²) in [7, 11) is 0. The lowest BCUT2D eigenvalue weighted by Gasteiger charge is -2.33. The molecule has 14 heavy (non-hydrogen) atoms. The molecule has 0 saturated carbocycles. The van der Waals surface area contributed by atoms with E-state index in [-0.39, 0.29) is 12.7 Å². The molecular weight excluding hydrogens is 180 g/mol. The van der Waals surface area contributed by atoms with Crippen LogP contribution in [0.5, 0.6) is 0 Å². The third-order valence-corrected chi connectivity index (χ3v) is 2.35. The molecule has 0 spiro atoms. The number of anilines is 1. The number of hydrogen-bond donors (Lipinski definition) is 1. The SMILES string of the molecule is OC[C@@H]1CN(c2cccnc2)CCO1. The number of nitrogens with zero attached hydrogens (tertiary/aromatic N) is 2. The Labute approximate surface area is 83.1 Å². The fourth-order valence-electron chi connectivity index (χ4n) is 1.61. The van der Waals surface area contributed by atoms with E-state index in [1.165, 1.54) is 0 Å². The van der Waals surface area contributed by atoms with Crippen molar-refractivity contribution in [2.75, 3.05) is 31.2 Å². The second-order valence-corrected chi connectivity index (χ2v) is 3.33. The van der Waals surface area contributed by atoms with Gasteiger partial charge in [-0.1, -0.05) is 0 Å². The Kier molecular flexibility index (Phi) is 2.96. The summed E-state index contributed by atoms with van der Waals surface area (Å²) in [5, 5.41) is 8.99. The van der Waals surface area contributed by atoms with Gasteiger partial charge in [-0.25, -0.2) is 0 Å². The predicted molar refractivity (Wildman–Crippen MR) is 53.3 cm³/mol. The van der Waals surface area contributed by atoms with Crippen molar-refractivity contribution in [1.29, 1.82) is 0 Å². The molecule has 0 amide bonds. The molecule has 0 radical (unpaired) electrons. The Morgan fingerprint density at radius 3 is 3.29 bits per heavy atom. The third kappa shape index (κ3) is 2.02. The number of pyridine rings is 1. The summed E-state index contributed by atoms with van der Waals surface area (Å²) >= 11 is 0.